The number of ether oxygens (including phenoxy) is 3. The van der Waals surface area contributed by atoms with Crippen LogP contribution in [0.2, 0.25) is 0 Å². The van der Waals surface area contributed by atoms with Gasteiger partial charge in [-0.25, -0.2) is 0 Å². The number of pyridine rings is 4. The van der Waals surface area contributed by atoms with Gasteiger partial charge in [-0.15, -0.1) is 0 Å². The summed E-state index contributed by atoms with van der Waals surface area (Å²) in [6.07, 6.45) is -0.154. The molecule has 0 bridgehead atoms. The zero-order chi connectivity index (χ0) is 38.9. The van der Waals surface area contributed by atoms with Gasteiger partial charge in [0, 0.05) is 59.9 Å². The molecular weight excluding hydrogens is 735 g/mol. The second-order valence-corrected chi connectivity index (χ2v) is 14.1. The number of carboxylic acid groups (broad SMARTS) is 1. The molecule has 0 radical (unpaired) electrons. The van der Waals surface area contributed by atoms with Crippen molar-refractivity contribution in [3.8, 4) is 11.5 Å². The van der Waals surface area contributed by atoms with Gasteiger partial charge in [0.05, 0.1) is 53.6 Å². The Balaban J connectivity index is 0.000000241. The summed E-state index contributed by atoms with van der Waals surface area (Å²) < 4.78 is 23.2. The largest absolute Gasteiger partial charge is 1.00 e. The van der Waals surface area contributed by atoms with Crippen LogP contribution in [0.4, 0.5) is 0 Å². The van der Waals surface area contributed by atoms with Gasteiger partial charge < -0.3 is 39.4 Å². The van der Waals surface area contributed by atoms with Crippen molar-refractivity contribution < 1.29 is 58.7 Å². The van der Waals surface area contributed by atoms with E-state index < -0.39 is 18.1 Å². The third-order valence-electron chi connectivity index (χ3n) is 10.5. The molecule has 0 amide bonds. The molecule has 2 aromatic carbocycles. The Morgan fingerprint density at radius 3 is 1.37 bits per heavy atom. The van der Waals surface area contributed by atoms with Gasteiger partial charge in [0.2, 0.25) is 0 Å². The fraction of sp³-hybridized carbons (Fsp3) is 0.350. The number of carboxylic acids is 1. The van der Waals surface area contributed by atoms with Gasteiger partial charge in [0.1, 0.15) is 13.2 Å². The molecule has 6 heterocycles. The summed E-state index contributed by atoms with van der Waals surface area (Å²) in [5, 5.41) is 12.7. The van der Waals surface area contributed by atoms with E-state index in [1.165, 1.54) is 15.2 Å². The number of hydrogen-bond donors (Lipinski definition) is 1. The van der Waals surface area contributed by atoms with Crippen molar-refractivity contribution in [3.63, 3.8) is 0 Å². The summed E-state index contributed by atoms with van der Waals surface area (Å²) in [7, 11) is 3.36. The number of esters is 1. The normalized spacial score (nSPS) is 15.0. The molecule has 2 unspecified atom stereocenters. The Morgan fingerprint density at radius 1 is 0.649 bits per heavy atom. The van der Waals surface area contributed by atoms with Crippen molar-refractivity contribution in [1.29, 1.82) is 0 Å². The molecule has 57 heavy (non-hydrogen) atoms. The Hall–Kier alpha value is -5.66. The van der Waals surface area contributed by atoms with E-state index in [0.717, 1.165) is 43.8 Å². The van der Waals surface area contributed by atoms with Crippen LogP contribution < -0.4 is 50.6 Å². The smallest absolute Gasteiger partial charge is 0.870 e. The molecule has 0 saturated heterocycles. The quantitative estimate of drug-likeness (QED) is 0.142. The Morgan fingerprint density at radius 2 is 1.00 bits per heavy atom. The fourth-order valence-electron chi connectivity index (χ4n) is 7.87. The van der Waals surface area contributed by atoms with Gasteiger partial charge in [-0.1, -0.05) is 0 Å². The maximum atomic E-state index is 12.9. The van der Waals surface area contributed by atoms with E-state index in [1.807, 2.05) is 39.8 Å². The van der Waals surface area contributed by atoms with E-state index in [9.17, 15) is 33.9 Å². The Kier molecular flexibility index (Phi) is 12.7. The maximum Gasteiger partial charge on any atom is 1.00 e. The van der Waals surface area contributed by atoms with Gasteiger partial charge in [-0.2, -0.15) is 0 Å². The average Bonchev–Trinajstić information content (AvgIpc) is 3.10. The Labute approximate surface area is 336 Å². The second-order valence-electron chi connectivity index (χ2n) is 14.1. The van der Waals surface area contributed by atoms with Gasteiger partial charge in [-0.05, 0) is 69.0 Å². The van der Waals surface area contributed by atoms with E-state index in [1.54, 1.807) is 48.4 Å². The summed E-state index contributed by atoms with van der Waals surface area (Å²) >= 11 is 0. The number of hydrogen-bond acceptors (Lipinski definition) is 10. The molecule has 2 aliphatic rings. The minimum absolute atomic E-state index is 0. The summed E-state index contributed by atoms with van der Waals surface area (Å²) in [5.74, 6) is -0.393. The van der Waals surface area contributed by atoms with Crippen LogP contribution in [0.3, 0.4) is 0 Å². The number of aliphatic carboxylic acids is 1. The molecule has 2 aliphatic heterocycles. The van der Waals surface area contributed by atoms with Crippen molar-refractivity contribution in [1.82, 2.24) is 18.3 Å². The predicted octanol–water partition coefficient (Wildman–Crippen LogP) is 0.238. The number of carbonyl (C=O) groups excluding carboxylic acids is 1. The third kappa shape index (κ3) is 7.25. The molecule has 4 N–H and O–H groups in total. The summed E-state index contributed by atoms with van der Waals surface area (Å²) in [5.41, 5.74) is 5.00. The van der Waals surface area contributed by atoms with Gasteiger partial charge >= 0.3 is 30.8 Å². The van der Waals surface area contributed by atoms with E-state index in [2.05, 4.69) is 0 Å². The molecule has 4 aromatic heterocycles. The predicted molar refractivity (Wildman–Crippen MR) is 209 cm³/mol. The third-order valence-corrected chi connectivity index (χ3v) is 10.5. The molecule has 296 valence electrons. The topological polar surface area (TPSA) is 232 Å². The molecule has 0 aliphatic carbocycles. The molecule has 0 fully saturated rings. The Bertz CT molecular complexity index is 2870. The zero-order valence-electron chi connectivity index (χ0n) is 33.0. The first-order valence-corrected chi connectivity index (χ1v) is 17.6. The van der Waals surface area contributed by atoms with Gasteiger partial charge in [-0.3, -0.25) is 37.9 Å². The first-order valence-electron chi connectivity index (χ1n) is 17.6. The van der Waals surface area contributed by atoms with E-state index in [-0.39, 0.29) is 90.7 Å². The summed E-state index contributed by atoms with van der Waals surface area (Å²) in [6.45, 7) is 9.73. The maximum absolute atomic E-state index is 12.9. The number of benzene rings is 2. The van der Waals surface area contributed by atoms with Crippen molar-refractivity contribution in [2.45, 2.75) is 59.5 Å². The first kappa shape index (κ1) is 44.1. The van der Waals surface area contributed by atoms with Gasteiger partial charge in [0.15, 0.2) is 11.5 Å². The molecular formula is C40H43LiN4O12. The molecule has 0 spiro atoms. The standard InChI is InChI=1S/C21H22N2O5.C19H18N2O5.Li.2H2O/c1-5-27-18(26)8-13-10-28-21-19-14(11(2)6-16(24)22(19)4)9-15-12(3)7-17(25)23(13)20(15)21;1-9-4-14(22)20(3)17-12(9)7-13-10(2)5-15(23)21-11(6-16(24)25)8-26-19(17)18(13)21;;;/h6-7,9,13H,5,8,10H2,1-4H3;4-5,7,11H,6,8H2,1-3H3,(H,24,25);;2*1H2/q;;+1;;/p-1. The molecule has 0 saturated carbocycles. The monoisotopic (exact) mass is 778 g/mol. The minimum atomic E-state index is -0.994. The van der Waals surface area contributed by atoms with Crippen LogP contribution in [0.15, 0.2) is 55.6 Å². The number of aromatic nitrogens is 4. The average molecular weight is 779 g/mol. The van der Waals surface area contributed by atoms with Crippen molar-refractivity contribution >= 4 is 55.6 Å². The number of nitrogens with zero attached hydrogens (tertiary/aromatic N) is 4. The number of rotatable bonds is 5. The van der Waals surface area contributed by atoms with Crippen molar-refractivity contribution in [3.05, 3.63) is 100 Å². The van der Waals surface area contributed by atoms with Crippen molar-refractivity contribution in [2.24, 2.45) is 14.1 Å². The zero-order valence-corrected chi connectivity index (χ0v) is 33.0. The van der Waals surface area contributed by atoms with Crippen molar-refractivity contribution in [2.75, 3.05) is 19.8 Å². The van der Waals surface area contributed by atoms with Crippen LogP contribution in [-0.2, 0) is 28.4 Å². The number of carbonyl (C=O) groups is 2. The first-order chi connectivity index (χ1) is 25.6. The SMILES string of the molecule is CCOC(=O)CC1COc2c3c(cc4c(C)cc(=O)n1c24)c(C)cc(=O)n3C.Cc1cc(=O)n(C)c2c3c4c(cc12)c(C)cc(=O)n4C(CC(=O)O)CO3.O.[Li+].[OH-]. The summed E-state index contributed by atoms with van der Waals surface area (Å²) in [4.78, 5) is 73.4. The second kappa shape index (κ2) is 16.4. The fourth-order valence-corrected chi connectivity index (χ4v) is 7.87. The van der Waals surface area contributed by atoms with Crippen LogP contribution in [0.5, 0.6) is 11.5 Å². The van der Waals surface area contributed by atoms with Gasteiger partial charge in [0.25, 0.3) is 22.2 Å². The minimum Gasteiger partial charge on any atom is -0.870 e. The number of aryl methyl sites for hydroxylation is 6. The van der Waals surface area contributed by atoms with Crippen LogP contribution in [0.25, 0.3) is 43.6 Å². The molecule has 2 atom stereocenters. The van der Waals surface area contributed by atoms with Crippen LogP contribution in [0.1, 0.15) is 54.1 Å². The van der Waals surface area contributed by atoms with E-state index in [4.69, 9.17) is 14.2 Å². The van der Waals surface area contributed by atoms with E-state index >= 15 is 0 Å². The summed E-state index contributed by atoms with van der Waals surface area (Å²) in [6, 6.07) is 9.16. The number of fused-ring (bicyclic) bond motifs is 4. The van der Waals surface area contributed by atoms with E-state index in [0.29, 0.717) is 33.6 Å². The molecule has 17 heteroatoms. The van der Waals surface area contributed by atoms with Crippen LogP contribution in [-0.4, -0.2) is 66.1 Å². The van der Waals surface area contributed by atoms with Crippen LogP contribution in [0, 0.1) is 27.7 Å². The molecule has 16 nitrogen and oxygen atoms in total. The molecule has 8 rings (SSSR count). The van der Waals surface area contributed by atoms with Crippen LogP contribution >= 0.6 is 0 Å². The molecule has 6 aromatic rings.